The van der Waals surface area contributed by atoms with E-state index in [1.807, 2.05) is 12.4 Å². The first-order chi connectivity index (χ1) is 7.84. The molecule has 1 aromatic heterocycles. The molecule has 0 spiro atoms. The third-order valence-corrected chi connectivity index (χ3v) is 3.88. The molecule has 0 bridgehead atoms. The van der Waals surface area contributed by atoms with E-state index in [0.29, 0.717) is 6.54 Å². The summed E-state index contributed by atoms with van der Waals surface area (Å²) in [4.78, 5) is 6.83. The van der Waals surface area contributed by atoms with Crippen molar-refractivity contribution >= 4 is 0 Å². The highest BCUT2D eigenvalue weighted by Crippen LogP contribution is 2.28. The van der Waals surface area contributed by atoms with Gasteiger partial charge >= 0.3 is 0 Å². The van der Waals surface area contributed by atoms with E-state index in [2.05, 4.69) is 14.5 Å². The Morgan fingerprint density at radius 3 is 3.19 bits per heavy atom. The van der Waals surface area contributed by atoms with Crippen LogP contribution in [-0.2, 0) is 17.8 Å². The number of fused-ring (bicyclic) bond motifs is 1. The third kappa shape index (κ3) is 1.47. The van der Waals surface area contributed by atoms with Gasteiger partial charge in [-0.15, -0.1) is 0 Å². The van der Waals surface area contributed by atoms with Gasteiger partial charge in [-0.05, 0) is 6.42 Å². The first-order valence-corrected chi connectivity index (χ1v) is 5.87. The van der Waals surface area contributed by atoms with Crippen LogP contribution in [0.25, 0.3) is 0 Å². The molecule has 2 N–H and O–H groups in total. The Hall–Kier alpha value is -0.910. The van der Waals surface area contributed by atoms with Crippen molar-refractivity contribution in [2.24, 2.45) is 5.73 Å². The van der Waals surface area contributed by atoms with Crippen molar-refractivity contribution in [3.63, 3.8) is 0 Å². The Balaban J connectivity index is 1.82. The second-order valence-electron chi connectivity index (χ2n) is 4.69. The van der Waals surface area contributed by atoms with E-state index >= 15 is 0 Å². The lowest BCUT2D eigenvalue weighted by atomic mass is 9.95. The molecule has 0 amide bonds. The zero-order valence-corrected chi connectivity index (χ0v) is 9.43. The van der Waals surface area contributed by atoms with Crippen LogP contribution in [0.5, 0.6) is 0 Å². The van der Waals surface area contributed by atoms with Gasteiger partial charge in [-0.1, -0.05) is 0 Å². The Morgan fingerprint density at radius 2 is 2.44 bits per heavy atom. The smallest absolute Gasteiger partial charge is 0.122 e. The summed E-state index contributed by atoms with van der Waals surface area (Å²) in [6.45, 7) is 5.23. The maximum Gasteiger partial charge on any atom is 0.122 e. The molecule has 0 saturated carbocycles. The van der Waals surface area contributed by atoms with Crippen LogP contribution in [0.3, 0.4) is 0 Å². The second kappa shape index (κ2) is 3.84. The standard InChI is InChI=1S/C11H18N4O/c12-8-11(1-6-16-9-11)15-5-4-14-3-2-13-10(14)7-15/h2-3H,1,4-9,12H2. The average molecular weight is 222 g/mol. The average Bonchev–Trinajstić information content (AvgIpc) is 2.97. The third-order valence-electron chi connectivity index (χ3n) is 3.88. The number of nitrogens with two attached hydrogens (primary N) is 1. The summed E-state index contributed by atoms with van der Waals surface area (Å²) in [7, 11) is 0. The van der Waals surface area contributed by atoms with Crippen molar-refractivity contribution in [3.8, 4) is 0 Å². The summed E-state index contributed by atoms with van der Waals surface area (Å²) in [6, 6.07) is 0. The fraction of sp³-hybridized carbons (Fsp3) is 0.727. The van der Waals surface area contributed by atoms with Gasteiger partial charge in [0.15, 0.2) is 0 Å². The number of rotatable bonds is 2. The van der Waals surface area contributed by atoms with E-state index in [9.17, 15) is 0 Å². The number of aromatic nitrogens is 2. The predicted molar refractivity (Wildman–Crippen MR) is 59.9 cm³/mol. The lowest BCUT2D eigenvalue weighted by Crippen LogP contribution is -2.56. The fourth-order valence-corrected chi connectivity index (χ4v) is 2.71. The predicted octanol–water partition coefficient (Wildman–Crippen LogP) is -0.184. The maximum atomic E-state index is 5.95. The normalized spacial score (nSPS) is 30.6. The Kier molecular flexibility index (Phi) is 2.46. The highest BCUT2D eigenvalue weighted by Gasteiger charge is 2.40. The van der Waals surface area contributed by atoms with E-state index in [1.54, 1.807) is 0 Å². The molecule has 1 fully saturated rings. The molecule has 0 aliphatic carbocycles. The zero-order valence-electron chi connectivity index (χ0n) is 9.43. The van der Waals surface area contributed by atoms with E-state index in [4.69, 9.17) is 10.5 Å². The highest BCUT2D eigenvalue weighted by molar-refractivity contribution is 5.02. The van der Waals surface area contributed by atoms with Crippen LogP contribution in [0.1, 0.15) is 12.2 Å². The summed E-state index contributed by atoms with van der Waals surface area (Å²) < 4.78 is 7.74. The summed E-state index contributed by atoms with van der Waals surface area (Å²) in [5, 5.41) is 0. The number of ether oxygens (including phenoxy) is 1. The van der Waals surface area contributed by atoms with Gasteiger partial charge in [-0.2, -0.15) is 0 Å². The minimum atomic E-state index is 0.0528. The minimum Gasteiger partial charge on any atom is -0.379 e. The lowest BCUT2D eigenvalue weighted by molar-refractivity contribution is 0.0485. The van der Waals surface area contributed by atoms with E-state index in [1.165, 1.54) is 0 Å². The largest absolute Gasteiger partial charge is 0.379 e. The number of hydrogen-bond donors (Lipinski definition) is 1. The fourth-order valence-electron chi connectivity index (χ4n) is 2.71. The summed E-state index contributed by atoms with van der Waals surface area (Å²) in [5.41, 5.74) is 6.00. The molecule has 5 heteroatoms. The quantitative estimate of drug-likeness (QED) is 0.754. The van der Waals surface area contributed by atoms with E-state index in [0.717, 1.165) is 45.1 Å². The van der Waals surface area contributed by atoms with Gasteiger partial charge in [-0.25, -0.2) is 4.98 Å². The summed E-state index contributed by atoms with van der Waals surface area (Å²) in [6.07, 6.45) is 4.97. The molecule has 2 aliphatic heterocycles. The van der Waals surface area contributed by atoms with Crippen LogP contribution in [0, 0.1) is 0 Å². The Bertz CT molecular complexity index is 370. The molecule has 0 aromatic carbocycles. The Labute approximate surface area is 95.2 Å². The molecule has 16 heavy (non-hydrogen) atoms. The van der Waals surface area contributed by atoms with Gasteiger partial charge in [0.1, 0.15) is 5.82 Å². The van der Waals surface area contributed by atoms with Crippen molar-refractivity contribution < 1.29 is 4.74 Å². The van der Waals surface area contributed by atoms with Gasteiger partial charge in [-0.3, -0.25) is 4.90 Å². The van der Waals surface area contributed by atoms with Crippen molar-refractivity contribution in [1.29, 1.82) is 0 Å². The van der Waals surface area contributed by atoms with E-state index in [-0.39, 0.29) is 5.54 Å². The molecular weight excluding hydrogens is 204 g/mol. The van der Waals surface area contributed by atoms with Crippen molar-refractivity contribution in [2.75, 3.05) is 26.3 Å². The highest BCUT2D eigenvalue weighted by atomic mass is 16.5. The zero-order chi connectivity index (χ0) is 11.0. The molecule has 1 saturated heterocycles. The maximum absolute atomic E-state index is 5.95. The lowest BCUT2D eigenvalue weighted by Gasteiger charge is -2.41. The molecule has 3 heterocycles. The van der Waals surface area contributed by atoms with Crippen LogP contribution < -0.4 is 5.73 Å². The Morgan fingerprint density at radius 1 is 1.50 bits per heavy atom. The minimum absolute atomic E-state index is 0.0528. The number of hydrogen-bond acceptors (Lipinski definition) is 4. The van der Waals surface area contributed by atoms with Crippen LogP contribution in [-0.4, -0.2) is 46.3 Å². The summed E-state index contributed by atoms with van der Waals surface area (Å²) >= 11 is 0. The summed E-state index contributed by atoms with van der Waals surface area (Å²) in [5.74, 6) is 1.14. The molecule has 3 rings (SSSR count). The first-order valence-electron chi connectivity index (χ1n) is 5.87. The molecule has 1 atom stereocenters. The number of nitrogens with zero attached hydrogens (tertiary/aromatic N) is 3. The van der Waals surface area contributed by atoms with Crippen molar-refractivity contribution in [3.05, 3.63) is 18.2 Å². The topological polar surface area (TPSA) is 56.3 Å². The monoisotopic (exact) mass is 222 g/mol. The molecule has 5 nitrogen and oxygen atoms in total. The molecule has 88 valence electrons. The molecule has 1 unspecified atom stereocenters. The van der Waals surface area contributed by atoms with Gasteiger partial charge in [0.2, 0.25) is 0 Å². The van der Waals surface area contributed by atoms with Crippen molar-refractivity contribution in [1.82, 2.24) is 14.5 Å². The molecule has 1 aromatic rings. The van der Waals surface area contributed by atoms with Crippen LogP contribution in [0.4, 0.5) is 0 Å². The van der Waals surface area contributed by atoms with Gasteiger partial charge in [0, 0.05) is 38.6 Å². The molecule has 0 radical (unpaired) electrons. The van der Waals surface area contributed by atoms with Crippen molar-refractivity contribution in [2.45, 2.75) is 25.0 Å². The van der Waals surface area contributed by atoms with Crippen LogP contribution in [0.15, 0.2) is 12.4 Å². The molecule has 2 aliphatic rings. The van der Waals surface area contributed by atoms with Crippen LogP contribution in [0.2, 0.25) is 0 Å². The first kappa shape index (κ1) is 10.3. The van der Waals surface area contributed by atoms with Gasteiger partial charge < -0.3 is 15.0 Å². The van der Waals surface area contributed by atoms with Crippen LogP contribution >= 0.6 is 0 Å². The SMILES string of the molecule is NCC1(N2CCn3ccnc3C2)CCOC1. The van der Waals surface area contributed by atoms with Gasteiger partial charge in [0.05, 0.1) is 18.7 Å². The molecular formula is C11H18N4O. The second-order valence-corrected chi connectivity index (χ2v) is 4.69. The number of imidazole rings is 1. The van der Waals surface area contributed by atoms with Gasteiger partial charge in [0.25, 0.3) is 0 Å². The van der Waals surface area contributed by atoms with E-state index < -0.39 is 0 Å².